The van der Waals surface area contributed by atoms with Gasteiger partial charge in [0.2, 0.25) is 0 Å². The molecule has 0 saturated heterocycles. The minimum Gasteiger partial charge on any atom is -0.298 e. The van der Waals surface area contributed by atoms with Crippen LogP contribution in [-0.2, 0) is 4.79 Å². The van der Waals surface area contributed by atoms with Gasteiger partial charge in [-0.05, 0) is 63.2 Å². The Balaban J connectivity index is 1.62. The maximum Gasteiger partial charge on any atom is 0.151 e. The normalized spacial score (nSPS) is 45.2. The van der Waals surface area contributed by atoms with E-state index in [2.05, 4.69) is 13.8 Å². The summed E-state index contributed by atoms with van der Waals surface area (Å²) in [6.07, 6.45) is 11.7. The van der Waals surface area contributed by atoms with Gasteiger partial charge in [0.1, 0.15) is 6.17 Å². The number of Topliss-reactive ketones (excluding diaryl/α,β-unsaturated/α-hetero) is 1. The van der Waals surface area contributed by atoms with Crippen molar-refractivity contribution < 1.29 is 9.18 Å². The van der Waals surface area contributed by atoms with E-state index in [4.69, 9.17) is 0 Å². The molecule has 0 aromatic heterocycles. The summed E-state index contributed by atoms with van der Waals surface area (Å²) in [5, 5.41) is 0. The third-order valence-corrected chi connectivity index (χ3v) is 7.26. The van der Waals surface area contributed by atoms with Gasteiger partial charge in [0, 0.05) is 0 Å². The van der Waals surface area contributed by atoms with E-state index in [1.165, 1.54) is 25.7 Å². The Hall–Kier alpha value is -0.400. The van der Waals surface area contributed by atoms with Crippen molar-refractivity contribution in [2.75, 3.05) is 0 Å². The van der Waals surface area contributed by atoms with Gasteiger partial charge < -0.3 is 0 Å². The summed E-state index contributed by atoms with van der Waals surface area (Å²) in [6.45, 7) is 4.45. The van der Waals surface area contributed by atoms with Crippen molar-refractivity contribution in [1.82, 2.24) is 0 Å². The van der Waals surface area contributed by atoms with Crippen LogP contribution in [-0.4, -0.2) is 12.0 Å². The quantitative estimate of drug-likeness (QED) is 0.635. The molecule has 1 nitrogen and oxygen atoms in total. The fourth-order valence-electron chi connectivity index (χ4n) is 5.92. The summed E-state index contributed by atoms with van der Waals surface area (Å²) < 4.78 is 15.3. The van der Waals surface area contributed by atoms with Crippen molar-refractivity contribution in [1.29, 1.82) is 0 Å². The minimum absolute atomic E-state index is 0.331. The lowest BCUT2D eigenvalue weighted by molar-refractivity contribution is -0.193. The van der Waals surface area contributed by atoms with E-state index in [1.54, 1.807) is 0 Å². The molecule has 0 aromatic carbocycles. The highest BCUT2D eigenvalue weighted by molar-refractivity contribution is 5.98. The fraction of sp³-hybridized carbons (Fsp3) is 0.950. The Morgan fingerprint density at radius 2 is 1.23 bits per heavy atom. The zero-order chi connectivity index (χ0) is 15.8. The summed E-state index contributed by atoms with van der Waals surface area (Å²) in [5.74, 6) is 1.82. The number of rotatable bonds is 4. The predicted molar refractivity (Wildman–Crippen MR) is 88.5 cm³/mol. The van der Waals surface area contributed by atoms with Crippen molar-refractivity contribution >= 4 is 5.78 Å². The van der Waals surface area contributed by atoms with Crippen LogP contribution in [0.3, 0.4) is 0 Å². The van der Waals surface area contributed by atoms with Gasteiger partial charge in [0.05, 0.1) is 10.8 Å². The molecule has 0 radical (unpaired) electrons. The van der Waals surface area contributed by atoms with Crippen molar-refractivity contribution in [3.63, 3.8) is 0 Å². The van der Waals surface area contributed by atoms with Gasteiger partial charge in [-0.2, -0.15) is 0 Å². The molecule has 0 atom stereocenters. The van der Waals surface area contributed by atoms with E-state index in [-0.39, 0.29) is 0 Å². The first-order valence-corrected chi connectivity index (χ1v) is 9.78. The van der Waals surface area contributed by atoms with Gasteiger partial charge >= 0.3 is 0 Å². The Morgan fingerprint density at radius 1 is 0.864 bits per heavy atom. The molecule has 0 N–H and O–H groups in total. The van der Waals surface area contributed by atoms with Gasteiger partial charge in [0.25, 0.3) is 0 Å². The number of carbonyl (C=O) groups is 1. The molecule has 126 valence electrons. The first-order valence-electron chi connectivity index (χ1n) is 9.78. The van der Waals surface area contributed by atoms with Gasteiger partial charge in [-0.15, -0.1) is 0 Å². The van der Waals surface area contributed by atoms with E-state index in [0.29, 0.717) is 5.78 Å². The molecule has 0 unspecified atom stereocenters. The Morgan fingerprint density at radius 3 is 1.50 bits per heavy atom. The maximum atomic E-state index is 15.3. The second-order valence-electron chi connectivity index (χ2n) is 8.47. The molecule has 0 aromatic rings. The number of halogens is 1. The van der Waals surface area contributed by atoms with E-state index in [1.807, 2.05) is 0 Å². The summed E-state index contributed by atoms with van der Waals surface area (Å²) in [5.41, 5.74) is -1.11. The van der Waals surface area contributed by atoms with E-state index in [9.17, 15) is 4.79 Å². The van der Waals surface area contributed by atoms with Crippen LogP contribution in [0.5, 0.6) is 0 Å². The van der Waals surface area contributed by atoms with Gasteiger partial charge in [-0.25, -0.2) is 4.39 Å². The second-order valence-corrected chi connectivity index (χ2v) is 8.47. The first-order chi connectivity index (χ1) is 10.6. The van der Waals surface area contributed by atoms with Crippen molar-refractivity contribution in [3.05, 3.63) is 0 Å². The van der Waals surface area contributed by atoms with Crippen molar-refractivity contribution in [3.8, 4) is 0 Å². The van der Waals surface area contributed by atoms with Crippen LogP contribution in [0.15, 0.2) is 0 Å². The topological polar surface area (TPSA) is 17.1 Å². The van der Waals surface area contributed by atoms with Crippen molar-refractivity contribution in [2.45, 2.75) is 97.1 Å². The molecule has 22 heavy (non-hydrogen) atoms. The fourth-order valence-corrected chi connectivity index (χ4v) is 5.92. The van der Waals surface area contributed by atoms with Crippen LogP contribution >= 0.6 is 0 Å². The lowest BCUT2D eigenvalue weighted by atomic mass is 9.42. The lowest BCUT2D eigenvalue weighted by Gasteiger charge is -2.61. The molecule has 3 rings (SSSR count). The number of alkyl halides is 1. The summed E-state index contributed by atoms with van der Waals surface area (Å²) in [6, 6.07) is 0. The summed E-state index contributed by atoms with van der Waals surface area (Å²) in [4.78, 5) is 13.0. The van der Waals surface area contributed by atoms with Crippen LogP contribution in [0.1, 0.15) is 90.9 Å². The minimum atomic E-state index is -0.836. The highest BCUT2D eigenvalue weighted by Gasteiger charge is 2.71. The Bertz CT molecular complexity index is 364. The standard InChI is InChI=1S/C20H33FO/c1-3-5-15-7-11-19(12-8-15)17(21)20(18(19)22)13-9-16(6-4-2)10-14-20/h15-17H,3-14H2,1-2H3. The molecule has 3 aliphatic carbocycles. The zero-order valence-corrected chi connectivity index (χ0v) is 14.5. The predicted octanol–water partition coefficient (Wildman–Crippen LogP) is 5.86. The molecule has 2 heteroatoms. The van der Waals surface area contributed by atoms with Crippen LogP contribution in [0.2, 0.25) is 0 Å². The van der Waals surface area contributed by atoms with Crippen LogP contribution in [0, 0.1) is 22.7 Å². The highest BCUT2D eigenvalue weighted by atomic mass is 19.1. The van der Waals surface area contributed by atoms with Crippen LogP contribution < -0.4 is 0 Å². The average molecular weight is 308 g/mol. The first kappa shape index (κ1) is 16.5. The number of hydrogen-bond acceptors (Lipinski definition) is 1. The van der Waals surface area contributed by atoms with Crippen LogP contribution in [0.4, 0.5) is 4.39 Å². The smallest absolute Gasteiger partial charge is 0.151 e. The number of hydrogen-bond donors (Lipinski definition) is 0. The molecule has 3 fully saturated rings. The van der Waals surface area contributed by atoms with Crippen molar-refractivity contribution in [2.24, 2.45) is 22.7 Å². The summed E-state index contributed by atoms with van der Waals surface area (Å²) >= 11 is 0. The number of carbonyl (C=O) groups excluding carboxylic acids is 1. The number of ketones is 1. The second kappa shape index (κ2) is 6.24. The van der Waals surface area contributed by atoms with E-state index in [0.717, 1.165) is 63.2 Å². The largest absolute Gasteiger partial charge is 0.298 e. The molecule has 0 heterocycles. The van der Waals surface area contributed by atoms with Gasteiger partial charge in [-0.1, -0.05) is 39.5 Å². The zero-order valence-electron chi connectivity index (χ0n) is 14.5. The maximum absolute atomic E-state index is 15.3. The third-order valence-electron chi connectivity index (χ3n) is 7.26. The monoisotopic (exact) mass is 308 g/mol. The molecule has 0 bridgehead atoms. The lowest BCUT2D eigenvalue weighted by Crippen LogP contribution is -2.69. The SMILES string of the molecule is CCCC1CCC2(CC1)C(=O)C1(CCC(CCC)CC1)C2F. The highest BCUT2D eigenvalue weighted by Crippen LogP contribution is 2.65. The average Bonchev–Trinajstić information content (AvgIpc) is 2.56. The van der Waals surface area contributed by atoms with Gasteiger partial charge in [0.15, 0.2) is 5.78 Å². The summed E-state index contributed by atoms with van der Waals surface area (Å²) in [7, 11) is 0. The molecule has 0 aliphatic heterocycles. The molecule has 2 spiro atoms. The molecule has 3 saturated carbocycles. The van der Waals surface area contributed by atoms with Crippen LogP contribution in [0.25, 0.3) is 0 Å². The Labute approximate surface area is 135 Å². The van der Waals surface area contributed by atoms with Gasteiger partial charge in [-0.3, -0.25) is 4.79 Å². The Kier molecular flexibility index (Phi) is 4.67. The molecular weight excluding hydrogens is 275 g/mol. The third kappa shape index (κ3) is 2.36. The van der Waals surface area contributed by atoms with E-state index >= 15 is 4.39 Å². The van der Waals surface area contributed by atoms with E-state index < -0.39 is 17.0 Å². The molecular formula is C20H33FO. The molecule has 0 amide bonds. The molecule has 3 aliphatic rings.